The van der Waals surface area contributed by atoms with E-state index in [2.05, 4.69) is 16.6 Å². The molecule has 3 heteroatoms. The highest BCUT2D eigenvalue weighted by Crippen LogP contribution is 2.21. The van der Waals surface area contributed by atoms with Crippen molar-refractivity contribution in [3.05, 3.63) is 84.8 Å². The molecule has 2 aromatic rings. The summed E-state index contributed by atoms with van der Waals surface area (Å²) >= 11 is 0. The smallest absolute Gasteiger partial charge is 0.139 e. The van der Waals surface area contributed by atoms with Crippen molar-refractivity contribution in [1.29, 1.82) is 0 Å². The quantitative estimate of drug-likeness (QED) is 0.479. The van der Waals surface area contributed by atoms with Gasteiger partial charge in [-0.05, 0) is 25.1 Å². The van der Waals surface area contributed by atoms with Crippen LogP contribution in [0.2, 0.25) is 0 Å². The minimum atomic E-state index is 0.840. The van der Waals surface area contributed by atoms with Gasteiger partial charge in [0, 0.05) is 24.5 Å². The molecule has 21 heavy (non-hydrogen) atoms. The van der Waals surface area contributed by atoms with Gasteiger partial charge >= 0.3 is 0 Å². The zero-order chi connectivity index (χ0) is 15.1. The number of aromatic nitrogens is 1. The first kappa shape index (κ1) is 14.7. The molecule has 0 unspecified atom stereocenters. The first-order valence-electron chi connectivity index (χ1n) is 6.82. The van der Waals surface area contributed by atoms with Crippen LogP contribution in [0.25, 0.3) is 0 Å². The molecule has 0 amide bonds. The summed E-state index contributed by atoms with van der Waals surface area (Å²) in [5.41, 5.74) is 2.81. The Labute approximate surface area is 126 Å². The highest BCUT2D eigenvalue weighted by Gasteiger charge is 2.16. The first-order valence-corrected chi connectivity index (χ1v) is 6.82. The second-order valence-corrected chi connectivity index (χ2v) is 4.45. The van der Waals surface area contributed by atoms with Gasteiger partial charge in [0.05, 0.1) is 11.9 Å². The molecular weight excluding hydrogens is 258 g/mol. The lowest BCUT2D eigenvalue weighted by molar-refractivity contribution is 1.20. The summed E-state index contributed by atoms with van der Waals surface area (Å²) in [5.74, 6) is 0.840. The van der Waals surface area contributed by atoms with Crippen molar-refractivity contribution in [3.8, 4) is 0 Å². The van der Waals surface area contributed by atoms with E-state index < -0.39 is 0 Å². The Morgan fingerprint density at radius 2 is 1.95 bits per heavy atom. The number of pyridine rings is 1. The second-order valence-electron chi connectivity index (χ2n) is 4.45. The number of nitrogens with zero attached hydrogens (tertiary/aromatic N) is 3. The fourth-order valence-corrected chi connectivity index (χ4v) is 2.12. The van der Waals surface area contributed by atoms with Crippen LogP contribution in [0.4, 0.5) is 5.69 Å². The van der Waals surface area contributed by atoms with Crippen molar-refractivity contribution in [2.24, 2.45) is 4.99 Å². The van der Waals surface area contributed by atoms with Crippen LogP contribution in [0.15, 0.2) is 84.3 Å². The van der Waals surface area contributed by atoms with E-state index in [1.54, 1.807) is 13.2 Å². The van der Waals surface area contributed by atoms with Crippen LogP contribution in [-0.2, 0) is 0 Å². The maximum Gasteiger partial charge on any atom is 0.139 e. The lowest BCUT2D eigenvalue weighted by Crippen LogP contribution is -2.30. The van der Waals surface area contributed by atoms with Crippen LogP contribution >= 0.6 is 0 Å². The number of allylic oxidation sites excluding steroid dienone is 2. The molecule has 0 spiro atoms. The van der Waals surface area contributed by atoms with E-state index in [1.165, 1.54) is 0 Å². The predicted octanol–water partition coefficient (Wildman–Crippen LogP) is 4.05. The number of hydrogen-bond donors (Lipinski definition) is 0. The third kappa shape index (κ3) is 3.45. The van der Waals surface area contributed by atoms with E-state index in [-0.39, 0.29) is 0 Å². The minimum absolute atomic E-state index is 0.840. The Balaban J connectivity index is 2.51. The van der Waals surface area contributed by atoms with Gasteiger partial charge < -0.3 is 0 Å². The van der Waals surface area contributed by atoms with E-state index in [0.717, 1.165) is 22.8 Å². The van der Waals surface area contributed by atoms with Crippen LogP contribution < -0.4 is 4.90 Å². The molecule has 1 aromatic carbocycles. The van der Waals surface area contributed by atoms with Gasteiger partial charge in [0.2, 0.25) is 0 Å². The van der Waals surface area contributed by atoms with Crippen LogP contribution in [0, 0.1) is 0 Å². The molecule has 0 fully saturated rings. The second kappa shape index (κ2) is 7.20. The van der Waals surface area contributed by atoms with Crippen LogP contribution in [-0.4, -0.2) is 17.9 Å². The molecule has 0 aliphatic heterocycles. The van der Waals surface area contributed by atoms with Crippen LogP contribution in [0.1, 0.15) is 12.5 Å². The maximum absolute atomic E-state index is 4.46. The summed E-state index contributed by atoms with van der Waals surface area (Å²) in [6.45, 7) is 6.12. The molecule has 0 saturated heterocycles. The van der Waals surface area contributed by atoms with E-state index in [0.29, 0.717) is 0 Å². The summed E-state index contributed by atoms with van der Waals surface area (Å²) in [7, 11) is 1.79. The molecule has 0 radical (unpaired) electrons. The highest BCUT2D eigenvalue weighted by molar-refractivity contribution is 6.12. The van der Waals surface area contributed by atoms with Gasteiger partial charge in [0.1, 0.15) is 5.84 Å². The Morgan fingerprint density at radius 1 is 1.19 bits per heavy atom. The van der Waals surface area contributed by atoms with Gasteiger partial charge in [0.15, 0.2) is 0 Å². The van der Waals surface area contributed by atoms with Gasteiger partial charge in [0.25, 0.3) is 0 Å². The fraction of sp³-hybridized carbons (Fsp3) is 0.111. The van der Waals surface area contributed by atoms with Gasteiger partial charge in [-0.15, -0.1) is 0 Å². The number of benzene rings is 1. The van der Waals surface area contributed by atoms with Crippen LogP contribution in [0.5, 0.6) is 0 Å². The van der Waals surface area contributed by atoms with Gasteiger partial charge in [-0.25, -0.2) is 0 Å². The molecule has 0 N–H and O–H groups in total. The standard InChI is InChI=1S/C18H19N3/c1-4-9-15(2)21(17-12-8-13-20-14-17)18(19-3)16-10-6-5-7-11-16/h4-14H,2H2,1,3H3/b9-4+,19-18-. The monoisotopic (exact) mass is 277 g/mol. The van der Waals surface area contributed by atoms with Crippen molar-refractivity contribution in [3.63, 3.8) is 0 Å². The van der Waals surface area contributed by atoms with Gasteiger partial charge in [-0.2, -0.15) is 0 Å². The Morgan fingerprint density at radius 3 is 2.52 bits per heavy atom. The van der Waals surface area contributed by atoms with E-state index in [1.807, 2.05) is 72.6 Å². The summed E-state index contributed by atoms with van der Waals surface area (Å²) in [6, 6.07) is 14.0. The Bertz CT molecular complexity index is 643. The fourth-order valence-electron chi connectivity index (χ4n) is 2.12. The predicted molar refractivity (Wildman–Crippen MR) is 89.6 cm³/mol. The molecule has 2 rings (SSSR count). The highest BCUT2D eigenvalue weighted by atomic mass is 15.2. The average molecular weight is 277 g/mol. The van der Waals surface area contributed by atoms with Crippen molar-refractivity contribution >= 4 is 11.5 Å². The lowest BCUT2D eigenvalue weighted by atomic mass is 10.1. The molecule has 0 aliphatic rings. The first-order chi connectivity index (χ1) is 10.3. The number of amidine groups is 1. The average Bonchev–Trinajstić information content (AvgIpc) is 2.54. The summed E-state index contributed by atoms with van der Waals surface area (Å²) < 4.78 is 0. The normalized spacial score (nSPS) is 11.6. The summed E-state index contributed by atoms with van der Waals surface area (Å²) in [6.07, 6.45) is 7.49. The molecule has 1 aromatic heterocycles. The molecule has 106 valence electrons. The van der Waals surface area contributed by atoms with Gasteiger partial charge in [-0.3, -0.25) is 14.9 Å². The maximum atomic E-state index is 4.46. The number of aliphatic imine (C=N–C) groups is 1. The molecule has 0 atom stereocenters. The summed E-state index contributed by atoms with van der Waals surface area (Å²) in [4.78, 5) is 10.7. The Hall–Kier alpha value is -2.68. The van der Waals surface area contributed by atoms with Crippen molar-refractivity contribution in [2.75, 3.05) is 11.9 Å². The molecule has 0 aliphatic carbocycles. The number of hydrogen-bond acceptors (Lipinski definition) is 2. The summed E-state index contributed by atoms with van der Waals surface area (Å²) in [5, 5.41) is 0. The largest absolute Gasteiger partial charge is 0.294 e. The van der Waals surface area contributed by atoms with Crippen molar-refractivity contribution < 1.29 is 0 Å². The van der Waals surface area contributed by atoms with E-state index in [9.17, 15) is 0 Å². The minimum Gasteiger partial charge on any atom is -0.294 e. The third-order valence-corrected chi connectivity index (χ3v) is 3.01. The molecule has 0 bridgehead atoms. The van der Waals surface area contributed by atoms with E-state index >= 15 is 0 Å². The molecule has 3 nitrogen and oxygen atoms in total. The zero-order valence-electron chi connectivity index (χ0n) is 12.4. The van der Waals surface area contributed by atoms with Crippen molar-refractivity contribution in [1.82, 2.24) is 4.98 Å². The van der Waals surface area contributed by atoms with Crippen molar-refractivity contribution in [2.45, 2.75) is 6.92 Å². The molecular formula is C18H19N3. The topological polar surface area (TPSA) is 28.5 Å². The Kier molecular flexibility index (Phi) is 5.04. The molecule has 1 heterocycles. The molecule has 0 saturated carbocycles. The number of anilines is 1. The van der Waals surface area contributed by atoms with Gasteiger partial charge in [-0.1, -0.05) is 43.0 Å². The lowest BCUT2D eigenvalue weighted by Gasteiger charge is -2.26. The SMILES string of the molecule is C=C(/C=C/C)N(/C(=N\C)c1ccccc1)c1cccnc1. The third-order valence-electron chi connectivity index (χ3n) is 3.01. The zero-order valence-corrected chi connectivity index (χ0v) is 12.4. The van der Waals surface area contributed by atoms with E-state index in [4.69, 9.17) is 0 Å². The number of rotatable bonds is 4. The van der Waals surface area contributed by atoms with Crippen LogP contribution in [0.3, 0.4) is 0 Å².